The molecular formula is C18H20ClN3O3. The van der Waals surface area contributed by atoms with Crippen LogP contribution in [0, 0.1) is 0 Å². The molecule has 0 aliphatic heterocycles. The van der Waals surface area contributed by atoms with Crippen LogP contribution < -0.4 is 20.7 Å². The largest absolute Gasteiger partial charge is 0.492 e. The summed E-state index contributed by atoms with van der Waals surface area (Å²) in [5.41, 5.74) is 1.59. The number of halogens is 1. The van der Waals surface area contributed by atoms with Crippen LogP contribution in [0.15, 0.2) is 48.5 Å². The molecule has 0 saturated carbocycles. The van der Waals surface area contributed by atoms with Crippen LogP contribution in [0.2, 0.25) is 5.02 Å². The zero-order valence-corrected chi connectivity index (χ0v) is 14.6. The van der Waals surface area contributed by atoms with Gasteiger partial charge >= 0.3 is 6.03 Å². The van der Waals surface area contributed by atoms with E-state index in [9.17, 15) is 9.59 Å². The van der Waals surface area contributed by atoms with Crippen LogP contribution in [-0.2, 0) is 11.3 Å². The number of benzene rings is 2. The topological polar surface area (TPSA) is 79.5 Å². The van der Waals surface area contributed by atoms with Crippen LogP contribution in [0.3, 0.4) is 0 Å². The van der Waals surface area contributed by atoms with Gasteiger partial charge in [-0.15, -0.1) is 0 Å². The zero-order valence-electron chi connectivity index (χ0n) is 13.8. The highest BCUT2D eigenvalue weighted by atomic mass is 35.5. The first-order valence-electron chi connectivity index (χ1n) is 7.79. The second-order valence-electron chi connectivity index (χ2n) is 5.29. The third-order valence-corrected chi connectivity index (χ3v) is 3.42. The van der Waals surface area contributed by atoms with E-state index in [2.05, 4.69) is 16.0 Å². The molecule has 132 valence electrons. The average molecular weight is 362 g/mol. The van der Waals surface area contributed by atoms with Gasteiger partial charge in [0.2, 0.25) is 5.91 Å². The Morgan fingerprint density at radius 3 is 2.56 bits per heavy atom. The van der Waals surface area contributed by atoms with E-state index in [1.807, 2.05) is 18.2 Å². The molecule has 0 heterocycles. The summed E-state index contributed by atoms with van der Waals surface area (Å²) in [5, 5.41) is 8.81. The van der Waals surface area contributed by atoms with Crippen LogP contribution in [0.5, 0.6) is 5.75 Å². The van der Waals surface area contributed by atoms with Crippen molar-refractivity contribution >= 4 is 29.2 Å². The Morgan fingerprint density at radius 1 is 1.08 bits per heavy atom. The van der Waals surface area contributed by atoms with E-state index in [1.54, 1.807) is 30.3 Å². The van der Waals surface area contributed by atoms with Gasteiger partial charge in [0.15, 0.2) is 0 Å². The van der Waals surface area contributed by atoms with Crippen molar-refractivity contribution in [1.82, 2.24) is 10.6 Å². The fraction of sp³-hybridized carbons (Fsp3) is 0.222. The van der Waals surface area contributed by atoms with Gasteiger partial charge in [0.05, 0.1) is 6.54 Å². The molecule has 0 atom stereocenters. The van der Waals surface area contributed by atoms with Crippen molar-refractivity contribution in [3.05, 3.63) is 59.1 Å². The van der Waals surface area contributed by atoms with Crippen molar-refractivity contribution in [1.29, 1.82) is 0 Å². The summed E-state index contributed by atoms with van der Waals surface area (Å²) in [6.45, 7) is 2.54. The number of rotatable bonds is 7. The number of urea groups is 1. The molecule has 2 aromatic rings. The number of ether oxygens (including phenoxy) is 1. The molecule has 0 radical (unpaired) electrons. The molecule has 25 heavy (non-hydrogen) atoms. The van der Waals surface area contributed by atoms with Crippen LogP contribution in [0.25, 0.3) is 0 Å². The van der Waals surface area contributed by atoms with E-state index >= 15 is 0 Å². The summed E-state index contributed by atoms with van der Waals surface area (Å²) in [5.74, 6) is 0.560. The number of carbonyl (C=O) groups is 2. The summed E-state index contributed by atoms with van der Waals surface area (Å²) < 4.78 is 5.49. The number of nitrogens with one attached hydrogen (secondary N) is 3. The average Bonchev–Trinajstić information content (AvgIpc) is 2.58. The summed E-state index contributed by atoms with van der Waals surface area (Å²) in [6, 6.07) is 14.0. The molecule has 0 spiro atoms. The smallest absolute Gasteiger partial charge is 0.315 e. The lowest BCUT2D eigenvalue weighted by atomic mass is 10.2. The highest BCUT2D eigenvalue weighted by Crippen LogP contribution is 2.15. The van der Waals surface area contributed by atoms with Gasteiger partial charge in [0, 0.05) is 24.2 Å². The quantitative estimate of drug-likeness (QED) is 0.663. The molecule has 0 unspecified atom stereocenters. The van der Waals surface area contributed by atoms with Crippen LogP contribution in [-0.4, -0.2) is 25.1 Å². The number of hydrogen-bond acceptors (Lipinski definition) is 3. The predicted octanol–water partition coefficient (Wildman–Crippen LogP) is 3.18. The Kier molecular flexibility index (Phi) is 7.10. The van der Waals surface area contributed by atoms with E-state index in [1.165, 1.54) is 6.92 Å². The number of carbonyl (C=O) groups excluding carboxylic acids is 2. The van der Waals surface area contributed by atoms with Crippen molar-refractivity contribution in [2.24, 2.45) is 0 Å². The second-order valence-corrected chi connectivity index (χ2v) is 5.73. The van der Waals surface area contributed by atoms with E-state index in [-0.39, 0.29) is 11.9 Å². The summed E-state index contributed by atoms with van der Waals surface area (Å²) in [4.78, 5) is 22.8. The van der Waals surface area contributed by atoms with E-state index in [0.29, 0.717) is 36.2 Å². The van der Waals surface area contributed by atoms with Crippen molar-refractivity contribution < 1.29 is 14.3 Å². The molecule has 0 fully saturated rings. The molecule has 0 aromatic heterocycles. The highest BCUT2D eigenvalue weighted by molar-refractivity contribution is 6.30. The Labute approximate surface area is 151 Å². The summed E-state index contributed by atoms with van der Waals surface area (Å²) >= 11 is 5.79. The monoisotopic (exact) mass is 361 g/mol. The molecule has 0 aliphatic carbocycles. The lowest BCUT2D eigenvalue weighted by molar-refractivity contribution is -0.114. The third-order valence-electron chi connectivity index (χ3n) is 3.17. The predicted molar refractivity (Wildman–Crippen MR) is 97.9 cm³/mol. The Hall–Kier alpha value is -2.73. The fourth-order valence-corrected chi connectivity index (χ4v) is 2.20. The molecule has 7 heteroatoms. The molecule has 0 saturated heterocycles. The van der Waals surface area contributed by atoms with Crippen LogP contribution in [0.1, 0.15) is 12.5 Å². The molecule has 2 rings (SSSR count). The summed E-state index contributed by atoms with van der Waals surface area (Å²) in [6.07, 6.45) is 0. The van der Waals surface area contributed by atoms with E-state index < -0.39 is 0 Å². The fourth-order valence-electron chi connectivity index (χ4n) is 2.07. The first-order valence-corrected chi connectivity index (χ1v) is 8.17. The normalized spacial score (nSPS) is 10.0. The molecular weight excluding hydrogens is 342 g/mol. The minimum absolute atomic E-state index is 0.136. The van der Waals surface area contributed by atoms with Crippen molar-refractivity contribution in [3.63, 3.8) is 0 Å². The van der Waals surface area contributed by atoms with Crippen molar-refractivity contribution in [3.8, 4) is 5.75 Å². The highest BCUT2D eigenvalue weighted by Gasteiger charge is 2.02. The van der Waals surface area contributed by atoms with Gasteiger partial charge in [-0.1, -0.05) is 23.7 Å². The van der Waals surface area contributed by atoms with Gasteiger partial charge in [-0.25, -0.2) is 4.79 Å². The van der Waals surface area contributed by atoms with Gasteiger partial charge in [-0.05, 0) is 42.0 Å². The van der Waals surface area contributed by atoms with E-state index in [0.717, 1.165) is 5.56 Å². The zero-order chi connectivity index (χ0) is 18.1. The minimum atomic E-state index is -0.287. The third kappa shape index (κ3) is 7.14. The van der Waals surface area contributed by atoms with Gasteiger partial charge in [-0.3, -0.25) is 4.79 Å². The molecule has 3 amide bonds. The van der Waals surface area contributed by atoms with E-state index in [4.69, 9.17) is 16.3 Å². The molecule has 0 aliphatic rings. The maximum atomic E-state index is 11.8. The second kappa shape index (κ2) is 9.54. The first kappa shape index (κ1) is 18.6. The number of anilines is 1. The summed E-state index contributed by atoms with van der Waals surface area (Å²) in [7, 11) is 0. The standard InChI is InChI=1S/C18H20ClN3O3/c1-13(23)22-16-4-2-3-14(11-16)12-21-18(24)20-9-10-25-17-7-5-15(19)6-8-17/h2-8,11H,9-10,12H2,1H3,(H,22,23)(H2,20,21,24). The SMILES string of the molecule is CC(=O)Nc1cccc(CNC(=O)NCCOc2ccc(Cl)cc2)c1. The van der Waals surface area contributed by atoms with Crippen molar-refractivity contribution in [2.45, 2.75) is 13.5 Å². The lowest BCUT2D eigenvalue weighted by Crippen LogP contribution is -2.37. The molecule has 6 nitrogen and oxygen atoms in total. The molecule has 3 N–H and O–H groups in total. The number of hydrogen-bond donors (Lipinski definition) is 3. The van der Waals surface area contributed by atoms with Gasteiger partial charge < -0.3 is 20.7 Å². The Morgan fingerprint density at radius 2 is 1.84 bits per heavy atom. The van der Waals surface area contributed by atoms with Crippen LogP contribution >= 0.6 is 11.6 Å². The van der Waals surface area contributed by atoms with Gasteiger partial charge in [0.1, 0.15) is 12.4 Å². The lowest BCUT2D eigenvalue weighted by Gasteiger charge is -2.10. The Balaban J connectivity index is 1.67. The number of amides is 3. The maximum absolute atomic E-state index is 11.8. The minimum Gasteiger partial charge on any atom is -0.492 e. The molecule has 0 bridgehead atoms. The first-order chi connectivity index (χ1) is 12.0. The molecule has 2 aromatic carbocycles. The Bertz CT molecular complexity index is 720. The van der Waals surface area contributed by atoms with Crippen LogP contribution in [0.4, 0.5) is 10.5 Å². The van der Waals surface area contributed by atoms with Gasteiger partial charge in [-0.2, -0.15) is 0 Å². The maximum Gasteiger partial charge on any atom is 0.315 e. The van der Waals surface area contributed by atoms with Crippen molar-refractivity contribution in [2.75, 3.05) is 18.5 Å². The van der Waals surface area contributed by atoms with Gasteiger partial charge in [0.25, 0.3) is 0 Å².